The summed E-state index contributed by atoms with van der Waals surface area (Å²) < 4.78 is 5.14. The van der Waals surface area contributed by atoms with Gasteiger partial charge in [0.15, 0.2) is 0 Å². The first kappa shape index (κ1) is 15.4. The first-order valence-electron chi connectivity index (χ1n) is 7.96. The van der Waals surface area contributed by atoms with Crippen molar-refractivity contribution < 1.29 is 9.53 Å². The number of nitrogens with zero attached hydrogens (tertiary/aromatic N) is 3. The van der Waals surface area contributed by atoms with Crippen molar-refractivity contribution in [3.63, 3.8) is 0 Å². The largest absolute Gasteiger partial charge is 0.443 e. The second kappa shape index (κ2) is 7.67. The molecule has 0 radical (unpaired) electrons. The third-order valence-corrected chi connectivity index (χ3v) is 4.03. The molecule has 3 rings (SSSR count). The lowest BCUT2D eigenvalue weighted by Gasteiger charge is -2.20. The van der Waals surface area contributed by atoms with Crippen molar-refractivity contribution in [1.29, 1.82) is 0 Å². The molecule has 1 fully saturated rings. The van der Waals surface area contributed by atoms with Gasteiger partial charge in [-0.15, -0.1) is 0 Å². The van der Waals surface area contributed by atoms with Crippen LogP contribution in [0.5, 0.6) is 0 Å². The SMILES string of the molecule is O=C(Nc1ccncc1)OCc1cnc(C2CCCCC2)cn1. The highest BCUT2D eigenvalue weighted by Crippen LogP contribution is 2.30. The van der Waals surface area contributed by atoms with Crippen molar-refractivity contribution in [3.8, 4) is 0 Å². The van der Waals surface area contributed by atoms with E-state index in [1.165, 1.54) is 32.1 Å². The lowest BCUT2D eigenvalue weighted by molar-refractivity contribution is 0.153. The summed E-state index contributed by atoms with van der Waals surface area (Å²) in [6.07, 6.45) is 12.4. The van der Waals surface area contributed by atoms with Crippen LogP contribution in [0.4, 0.5) is 10.5 Å². The lowest BCUT2D eigenvalue weighted by atomic mass is 9.87. The Kier molecular flexibility index (Phi) is 5.13. The fraction of sp³-hybridized carbons (Fsp3) is 0.412. The molecule has 2 aromatic rings. The molecule has 0 atom stereocenters. The van der Waals surface area contributed by atoms with E-state index >= 15 is 0 Å². The van der Waals surface area contributed by atoms with Crippen molar-refractivity contribution in [2.75, 3.05) is 5.32 Å². The van der Waals surface area contributed by atoms with Crippen LogP contribution in [-0.2, 0) is 11.3 Å². The van der Waals surface area contributed by atoms with Gasteiger partial charge >= 0.3 is 6.09 Å². The molecule has 2 aromatic heterocycles. The summed E-state index contributed by atoms with van der Waals surface area (Å²) in [5.74, 6) is 0.529. The Balaban J connectivity index is 1.49. The topological polar surface area (TPSA) is 77.0 Å². The van der Waals surface area contributed by atoms with Crippen LogP contribution in [0.25, 0.3) is 0 Å². The van der Waals surface area contributed by atoms with E-state index in [9.17, 15) is 4.79 Å². The van der Waals surface area contributed by atoms with Crippen LogP contribution in [0.3, 0.4) is 0 Å². The van der Waals surface area contributed by atoms with E-state index in [0.29, 0.717) is 17.3 Å². The van der Waals surface area contributed by atoms with Crippen molar-refractivity contribution >= 4 is 11.8 Å². The number of nitrogens with one attached hydrogen (secondary N) is 1. The molecule has 6 heteroatoms. The van der Waals surface area contributed by atoms with Gasteiger partial charge in [0.25, 0.3) is 0 Å². The van der Waals surface area contributed by atoms with E-state index in [1.54, 1.807) is 30.7 Å². The Hall–Kier alpha value is -2.50. The predicted molar refractivity (Wildman–Crippen MR) is 85.9 cm³/mol. The molecule has 23 heavy (non-hydrogen) atoms. The number of hydrogen-bond donors (Lipinski definition) is 1. The highest BCUT2D eigenvalue weighted by atomic mass is 16.5. The van der Waals surface area contributed by atoms with Crippen LogP contribution in [0.2, 0.25) is 0 Å². The fourth-order valence-corrected chi connectivity index (χ4v) is 2.78. The number of hydrogen-bond acceptors (Lipinski definition) is 5. The molecular weight excluding hydrogens is 292 g/mol. The molecule has 6 nitrogen and oxygen atoms in total. The standard InChI is InChI=1S/C17H20N4O2/c22-17(21-14-6-8-18-9-7-14)23-12-15-10-20-16(11-19-15)13-4-2-1-3-5-13/h6-11,13H,1-5,12H2,(H,18,21,22). The van der Waals surface area contributed by atoms with Gasteiger partial charge in [-0.25, -0.2) is 4.79 Å². The van der Waals surface area contributed by atoms with Crippen LogP contribution in [0.1, 0.15) is 49.4 Å². The second-order valence-corrected chi connectivity index (χ2v) is 5.70. The zero-order valence-electron chi connectivity index (χ0n) is 12.9. The highest BCUT2D eigenvalue weighted by Gasteiger charge is 2.17. The average Bonchev–Trinajstić information content (AvgIpc) is 2.62. The summed E-state index contributed by atoms with van der Waals surface area (Å²) in [6.45, 7) is 0.106. The predicted octanol–water partition coefficient (Wildman–Crippen LogP) is 3.67. The number of ether oxygens (including phenoxy) is 1. The van der Waals surface area contributed by atoms with Crippen molar-refractivity contribution in [2.45, 2.75) is 44.6 Å². The van der Waals surface area contributed by atoms with Gasteiger partial charge in [0.2, 0.25) is 0 Å². The molecule has 0 unspecified atom stereocenters. The third kappa shape index (κ3) is 4.48. The van der Waals surface area contributed by atoms with Crippen molar-refractivity contribution in [3.05, 3.63) is 48.3 Å². The maximum Gasteiger partial charge on any atom is 0.412 e. The molecule has 0 bridgehead atoms. The molecule has 0 spiro atoms. The molecule has 1 amide bonds. The van der Waals surface area contributed by atoms with Crippen LogP contribution in [0, 0.1) is 0 Å². The van der Waals surface area contributed by atoms with E-state index in [4.69, 9.17) is 4.74 Å². The normalized spacial score (nSPS) is 15.1. The van der Waals surface area contributed by atoms with E-state index in [1.807, 2.05) is 6.20 Å². The van der Waals surface area contributed by atoms with E-state index in [0.717, 1.165) is 5.69 Å². The maximum absolute atomic E-state index is 11.7. The summed E-state index contributed by atoms with van der Waals surface area (Å²) in [5, 5.41) is 2.63. The second-order valence-electron chi connectivity index (χ2n) is 5.70. The Bertz CT molecular complexity index is 625. The van der Waals surface area contributed by atoms with Crippen molar-refractivity contribution in [1.82, 2.24) is 15.0 Å². The monoisotopic (exact) mass is 312 g/mol. The highest BCUT2D eigenvalue weighted by molar-refractivity contribution is 5.84. The van der Waals surface area contributed by atoms with Gasteiger partial charge in [-0.1, -0.05) is 19.3 Å². The van der Waals surface area contributed by atoms with Crippen LogP contribution >= 0.6 is 0 Å². The van der Waals surface area contributed by atoms with E-state index in [2.05, 4.69) is 20.3 Å². The minimum Gasteiger partial charge on any atom is -0.443 e. The molecule has 0 saturated heterocycles. The first-order valence-corrected chi connectivity index (χ1v) is 7.96. The molecule has 0 aromatic carbocycles. The van der Waals surface area contributed by atoms with Gasteiger partial charge in [0.1, 0.15) is 6.61 Å². The van der Waals surface area contributed by atoms with Gasteiger partial charge in [-0.3, -0.25) is 20.3 Å². The summed E-state index contributed by atoms with van der Waals surface area (Å²) in [5.41, 5.74) is 2.34. The number of carbonyl (C=O) groups is 1. The third-order valence-electron chi connectivity index (χ3n) is 4.03. The fourth-order valence-electron chi connectivity index (χ4n) is 2.78. The maximum atomic E-state index is 11.7. The number of aromatic nitrogens is 3. The molecule has 1 aliphatic rings. The Morgan fingerprint density at radius 1 is 1.13 bits per heavy atom. The number of amides is 1. The van der Waals surface area contributed by atoms with E-state index < -0.39 is 6.09 Å². The quantitative estimate of drug-likeness (QED) is 0.932. The summed E-state index contributed by atoms with van der Waals surface area (Å²) in [6, 6.07) is 3.39. The molecule has 1 saturated carbocycles. The Morgan fingerprint density at radius 3 is 2.61 bits per heavy atom. The van der Waals surface area contributed by atoms with Gasteiger partial charge in [0.05, 0.1) is 17.6 Å². The van der Waals surface area contributed by atoms with Gasteiger partial charge < -0.3 is 4.74 Å². The molecule has 2 heterocycles. The lowest BCUT2D eigenvalue weighted by Crippen LogP contribution is -2.14. The smallest absolute Gasteiger partial charge is 0.412 e. The summed E-state index contributed by atoms with van der Waals surface area (Å²) in [7, 11) is 0. The Labute approximate surface area is 135 Å². The minimum atomic E-state index is -0.519. The first-order chi connectivity index (χ1) is 11.3. The molecular formula is C17H20N4O2. The number of pyridine rings is 1. The molecule has 1 aliphatic carbocycles. The zero-order valence-corrected chi connectivity index (χ0v) is 12.9. The summed E-state index contributed by atoms with van der Waals surface area (Å²) in [4.78, 5) is 24.4. The average molecular weight is 312 g/mol. The molecule has 120 valence electrons. The summed E-state index contributed by atoms with van der Waals surface area (Å²) >= 11 is 0. The number of anilines is 1. The van der Waals surface area contributed by atoms with Gasteiger partial charge in [-0.2, -0.15) is 0 Å². The molecule has 0 aliphatic heterocycles. The number of rotatable bonds is 4. The minimum absolute atomic E-state index is 0.106. The van der Waals surface area contributed by atoms with Gasteiger partial charge in [0, 0.05) is 30.2 Å². The van der Waals surface area contributed by atoms with E-state index in [-0.39, 0.29) is 6.61 Å². The number of carbonyl (C=O) groups excluding carboxylic acids is 1. The van der Waals surface area contributed by atoms with Gasteiger partial charge in [-0.05, 0) is 25.0 Å². The molecule has 1 N–H and O–H groups in total. The van der Waals surface area contributed by atoms with Crippen LogP contribution < -0.4 is 5.32 Å². The zero-order chi connectivity index (χ0) is 15.9. The van der Waals surface area contributed by atoms with Crippen molar-refractivity contribution in [2.24, 2.45) is 0 Å². The van der Waals surface area contributed by atoms with Crippen LogP contribution in [-0.4, -0.2) is 21.0 Å². The van der Waals surface area contributed by atoms with Crippen LogP contribution in [0.15, 0.2) is 36.9 Å². The Morgan fingerprint density at radius 2 is 1.91 bits per heavy atom.